The Morgan fingerprint density at radius 2 is 1.90 bits per heavy atom. The third kappa shape index (κ3) is 2.80. The van der Waals surface area contributed by atoms with Gasteiger partial charge < -0.3 is 4.74 Å². The zero-order valence-corrected chi connectivity index (χ0v) is 13.5. The van der Waals surface area contributed by atoms with Gasteiger partial charge in [-0.05, 0) is 29.5 Å². The monoisotopic (exact) mass is 317 g/mol. The Labute approximate surface area is 125 Å². The summed E-state index contributed by atoms with van der Waals surface area (Å²) in [5.74, 6) is 1.43. The average Bonchev–Trinajstić information content (AvgIpc) is 2.78. The summed E-state index contributed by atoms with van der Waals surface area (Å²) < 4.78 is 32.2. The molecule has 0 radical (unpaired) electrons. The highest BCUT2D eigenvalue weighted by molar-refractivity contribution is 7.89. The molecule has 4 nitrogen and oxygen atoms in total. The van der Waals surface area contributed by atoms with Gasteiger partial charge in [-0.3, -0.25) is 0 Å². The minimum atomic E-state index is -3.51. The predicted octanol–water partition coefficient (Wildman–Crippen LogP) is 2.71. The molecular formula is C14H20ClNO3S. The van der Waals surface area contributed by atoms with Crippen LogP contribution in [0.3, 0.4) is 0 Å². The summed E-state index contributed by atoms with van der Waals surface area (Å²) in [5.41, 5.74) is 0.839. The standard InChI is InChI=1S/C14H20ClNO3S/c1-10-8-16(9-11(10)2)20(17,18)14-5-4-12(7-15)6-13(14)19-3/h4-6,10-11H,7-9H2,1-3H3. The van der Waals surface area contributed by atoms with Crippen molar-refractivity contribution in [2.45, 2.75) is 24.6 Å². The molecule has 0 amide bonds. The second-order valence-corrected chi connectivity index (χ2v) is 7.57. The molecule has 0 saturated carbocycles. The van der Waals surface area contributed by atoms with Gasteiger partial charge in [-0.1, -0.05) is 19.9 Å². The number of ether oxygens (including phenoxy) is 1. The van der Waals surface area contributed by atoms with Crippen LogP contribution in [0.2, 0.25) is 0 Å². The number of alkyl halides is 1. The zero-order valence-electron chi connectivity index (χ0n) is 12.0. The van der Waals surface area contributed by atoms with Gasteiger partial charge in [0.2, 0.25) is 10.0 Å². The number of rotatable bonds is 4. The molecule has 1 heterocycles. The van der Waals surface area contributed by atoms with Crippen molar-refractivity contribution in [3.8, 4) is 5.75 Å². The van der Waals surface area contributed by atoms with E-state index in [-0.39, 0.29) is 4.90 Å². The normalized spacial score (nSPS) is 24.0. The first-order valence-electron chi connectivity index (χ1n) is 6.63. The van der Waals surface area contributed by atoms with Gasteiger partial charge >= 0.3 is 0 Å². The van der Waals surface area contributed by atoms with Gasteiger partial charge in [-0.15, -0.1) is 11.6 Å². The topological polar surface area (TPSA) is 46.6 Å². The summed E-state index contributed by atoms with van der Waals surface area (Å²) in [6.07, 6.45) is 0. The third-order valence-corrected chi connectivity index (χ3v) is 6.13. The molecule has 1 aromatic rings. The molecule has 2 rings (SSSR count). The number of methoxy groups -OCH3 is 1. The van der Waals surface area contributed by atoms with Crippen LogP contribution in [-0.2, 0) is 15.9 Å². The Bertz CT molecular complexity index is 578. The second-order valence-electron chi connectivity index (χ2n) is 5.40. The van der Waals surface area contributed by atoms with Crippen LogP contribution in [0, 0.1) is 11.8 Å². The Hall–Kier alpha value is -0.780. The van der Waals surface area contributed by atoms with Crippen LogP contribution in [0.5, 0.6) is 5.75 Å². The first-order chi connectivity index (χ1) is 9.40. The van der Waals surface area contributed by atoms with E-state index in [2.05, 4.69) is 13.8 Å². The highest BCUT2D eigenvalue weighted by Gasteiger charge is 2.36. The van der Waals surface area contributed by atoms with Gasteiger partial charge in [-0.25, -0.2) is 8.42 Å². The summed E-state index contributed by atoms with van der Waals surface area (Å²) in [6, 6.07) is 4.99. The van der Waals surface area contributed by atoms with Crippen molar-refractivity contribution in [2.75, 3.05) is 20.2 Å². The van der Waals surface area contributed by atoms with Crippen molar-refractivity contribution in [1.29, 1.82) is 0 Å². The Balaban J connectivity index is 2.39. The molecule has 112 valence electrons. The van der Waals surface area contributed by atoms with Crippen molar-refractivity contribution in [3.05, 3.63) is 23.8 Å². The van der Waals surface area contributed by atoms with Crippen LogP contribution in [-0.4, -0.2) is 32.9 Å². The molecule has 0 bridgehead atoms. The number of nitrogens with zero attached hydrogens (tertiary/aromatic N) is 1. The van der Waals surface area contributed by atoms with Crippen LogP contribution in [0.4, 0.5) is 0 Å². The van der Waals surface area contributed by atoms with E-state index in [0.717, 1.165) is 5.56 Å². The molecule has 0 aromatic heterocycles. The smallest absolute Gasteiger partial charge is 0.246 e. The minimum Gasteiger partial charge on any atom is -0.495 e. The molecule has 0 aliphatic carbocycles. The van der Waals surface area contributed by atoms with E-state index >= 15 is 0 Å². The van der Waals surface area contributed by atoms with Gasteiger partial charge in [0.25, 0.3) is 0 Å². The largest absolute Gasteiger partial charge is 0.495 e. The van der Waals surface area contributed by atoms with Crippen molar-refractivity contribution in [2.24, 2.45) is 11.8 Å². The van der Waals surface area contributed by atoms with E-state index in [0.29, 0.717) is 36.6 Å². The van der Waals surface area contributed by atoms with Crippen LogP contribution in [0.25, 0.3) is 0 Å². The lowest BCUT2D eigenvalue weighted by Crippen LogP contribution is -2.29. The van der Waals surface area contributed by atoms with Crippen molar-refractivity contribution in [1.82, 2.24) is 4.31 Å². The fourth-order valence-corrected chi connectivity index (χ4v) is 4.36. The molecule has 0 N–H and O–H groups in total. The maximum absolute atomic E-state index is 12.7. The van der Waals surface area contributed by atoms with Crippen molar-refractivity contribution in [3.63, 3.8) is 0 Å². The molecule has 2 atom stereocenters. The second kappa shape index (κ2) is 5.92. The summed E-state index contributed by atoms with van der Waals surface area (Å²) >= 11 is 5.77. The van der Waals surface area contributed by atoms with Crippen molar-refractivity contribution < 1.29 is 13.2 Å². The fourth-order valence-electron chi connectivity index (χ4n) is 2.42. The quantitative estimate of drug-likeness (QED) is 0.802. The molecule has 0 spiro atoms. The van der Waals surface area contributed by atoms with Crippen LogP contribution < -0.4 is 4.74 Å². The summed E-state index contributed by atoms with van der Waals surface area (Å²) in [6.45, 7) is 5.27. The van der Waals surface area contributed by atoms with Crippen LogP contribution >= 0.6 is 11.6 Å². The lowest BCUT2D eigenvalue weighted by Gasteiger charge is -2.18. The van der Waals surface area contributed by atoms with E-state index in [1.165, 1.54) is 7.11 Å². The number of hydrogen-bond donors (Lipinski definition) is 0. The van der Waals surface area contributed by atoms with Crippen molar-refractivity contribution >= 4 is 21.6 Å². The SMILES string of the molecule is COc1cc(CCl)ccc1S(=O)(=O)N1CC(C)C(C)C1. The highest BCUT2D eigenvalue weighted by Crippen LogP contribution is 2.33. The van der Waals surface area contributed by atoms with Gasteiger partial charge in [0, 0.05) is 19.0 Å². The maximum atomic E-state index is 12.7. The third-order valence-electron chi connectivity index (χ3n) is 3.95. The number of halogens is 1. The summed E-state index contributed by atoms with van der Waals surface area (Å²) in [4.78, 5) is 0.218. The lowest BCUT2D eigenvalue weighted by molar-refractivity contribution is 0.397. The van der Waals surface area contributed by atoms with Gasteiger partial charge in [0.05, 0.1) is 7.11 Å². The van der Waals surface area contributed by atoms with E-state index in [9.17, 15) is 8.42 Å². The number of hydrogen-bond acceptors (Lipinski definition) is 3. The highest BCUT2D eigenvalue weighted by atomic mass is 35.5. The first-order valence-corrected chi connectivity index (χ1v) is 8.60. The Kier molecular flexibility index (Phi) is 4.62. The van der Waals surface area contributed by atoms with E-state index in [1.807, 2.05) is 0 Å². The van der Waals surface area contributed by atoms with Gasteiger partial charge in [0.1, 0.15) is 10.6 Å². The molecule has 1 aliphatic rings. The molecule has 1 fully saturated rings. The zero-order chi connectivity index (χ0) is 14.9. The average molecular weight is 318 g/mol. The number of benzene rings is 1. The first kappa shape index (κ1) is 15.6. The van der Waals surface area contributed by atoms with E-state index in [4.69, 9.17) is 16.3 Å². The Morgan fingerprint density at radius 1 is 1.30 bits per heavy atom. The maximum Gasteiger partial charge on any atom is 0.246 e. The lowest BCUT2D eigenvalue weighted by atomic mass is 10.0. The molecule has 1 aromatic carbocycles. The predicted molar refractivity (Wildman–Crippen MR) is 79.6 cm³/mol. The minimum absolute atomic E-state index is 0.218. The fraction of sp³-hybridized carbons (Fsp3) is 0.571. The van der Waals surface area contributed by atoms with Crippen LogP contribution in [0.1, 0.15) is 19.4 Å². The molecule has 1 saturated heterocycles. The summed E-state index contributed by atoms with van der Waals surface area (Å²) in [7, 11) is -2.03. The molecule has 20 heavy (non-hydrogen) atoms. The molecule has 2 unspecified atom stereocenters. The van der Waals surface area contributed by atoms with E-state index < -0.39 is 10.0 Å². The number of sulfonamides is 1. The molecule has 6 heteroatoms. The van der Waals surface area contributed by atoms with Crippen LogP contribution in [0.15, 0.2) is 23.1 Å². The Morgan fingerprint density at radius 3 is 2.40 bits per heavy atom. The molecule has 1 aliphatic heterocycles. The van der Waals surface area contributed by atoms with Gasteiger partial charge in [-0.2, -0.15) is 4.31 Å². The van der Waals surface area contributed by atoms with Gasteiger partial charge in [0.15, 0.2) is 0 Å². The molecular weight excluding hydrogens is 298 g/mol. The van der Waals surface area contributed by atoms with E-state index in [1.54, 1.807) is 22.5 Å². The summed E-state index contributed by atoms with van der Waals surface area (Å²) in [5, 5.41) is 0.